The van der Waals surface area contributed by atoms with Crippen molar-refractivity contribution in [1.82, 2.24) is 0 Å². The molecule has 0 aliphatic carbocycles. The van der Waals surface area contributed by atoms with E-state index in [4.69, 9.17) is 0 Å². The molecule has 0 saturated carbocycles. The first-order valence-electron chi connectivity index (χ1n) is 5.47. The van der Waals surface area contributed by atoms with E-state index in [1.165, 1.54) is 10.8 Å². The summed E-state index contributed by atoms with van der Waals surface area (Å²) in [4.78, 5) is 0. The maximum Gasteiger partial charge on any atom is 0.0823 e. The molecule has 0 bridgehead atoms. The van der Waals surface area contributed by atoms with Crippen molar-refractivity contribution in [1.29, 1.82) is 0 Å². The smallest absolute Gasteiger partial charge is 0.0823 e. The van der Waals surface area contributed by atoms with Crippen LogP contribution in [0.1, 0.15) is 12.0 Å². The van der Waals surface area contributed by atoms with Crippen LogP contribution in [-0.2, 0) is 6.42 Å². The van der Waals surface area contributed by atoms with Crippen molar-refractivity contribution in [2.75, 3.05) is 0 Å². The largest absolute Gasteiger partial charge is 0.134 e. The van der Waals surface area contributed by atoms with E-state index in [-0.39, 0.29) is 0 Å². The summed E-state index contributed by atoms with van der Waals surface area (Å²) in [6.45, 7) is 10.9. The summed E-state index contributed by atoms with van der Waals surface area (Å²) in [5.74, 6) is 0. The second-order valence-corrected chi connectivity index (χ2v) is 9.99. The molecule has 0 unspecified atom stereocenters. The van der Waals surface area contributed by atoms with Crippen LogP contribution in [0.15, 0.2) is 47.8 Å². The third kappa shape index (κ3) is 3.91. The molecule has 0 heterocycles. The number of benzene rings is 1. The molecule has 0 aliphatic rings. The van der Waals surface area contributed by atoms with Gasteiger partial charge in [-0.05, 0) is 23.6 Å². The number of hydrogen-bond donors (Lipinski definition) is 0. The summed E-state index contributed by atoms with van der Waals surface area (Å²) >= 11 is 0. The summed E-state index contributed by atoms with van der Waals surface area (Å²) in [5.41, 5.74) is 4.55. The maximum atomic E-state index is 3.81. The van der Waals surface area contributed by atoms with Crippen molar-refractivity contribution in [3.8, 4) is 0 Å². The molecule has 0 N–H and O–H groups in total. The van der Waals surface area contributed by atoms with Crippen molar-refractivity contribution in [3.63, 3.8) is 0 Å². The van der Waals surface area contributed by atoms with Crippen molar-refractivity contribution in [3.05, 3.63) is 53.4 Å². The number of allylic oxidation sites excluding steroid dienone is 1. The summed E-state index contributed by atoms with van der Waals surface area (Å²) in [6.07, 6.45) is 2.23. The van der Waals surface area contributed by atoms with E-state index >= 15 is 0 Å². The summed E-state index contributed by atoms with van der Waals surface area (Å²) in [5, 5.41) is 1.45. The minimum atomic E-state index is -1.20. The van der Waals surface area contributed by atoms with Crippen LogP contribution in [0.5, 0.6) is 0 Å². The lowest BCUT2D eigenvalue weighted by Gasteiger charge is -2.18. The Morgan fingerprint density at radius 3 is 2.27 bits per heavy atom. The molecule has 0 nitrogen and oxygen atoms in total. The first-order valence-corrected chi connectivity index (χ1v) is 8.97. The molecule has 15 heavy (non-hydrogen) atoms. The van der Waals surface area contributed by atoms with E-state index < -0.39 is 8.07 Å². The molecule has 0 amide bonds. The van der Waals surface area contributed by atoms with Crippen LogP contribution in [0.4, 0.5) is 0 Å². The second kappa shape index (κ2) is 5.15. The molecule has 1 aromatic rings. The van der Waals surface area contributed by atoms with Crippen LogP contribution >= 0.6 is 0 Å². The Bertz CT molecular complexity index is 351. The molecular formula is C14H20Si. The van der Waals surface area contributed by atoms with Gasteiger partial charge in [0.2, 0.25) is 0 Å². The van der Waals surface area contributed by atoms with Crippen molar-refractivity contribution in [2.24, 2.45) is 0 Å². The molecular weight excluding hydrogens is 196 g/mol. The van der Waals surface area contributed by atoms with Gasteiger partial charge >= 0.3 is 0 Å². The Kier molecular flexibility index (Phi) is 4.13. The Morgan fingerprint density at radius 2 is 1.80 bits per heavy atom. The van der Waals surface area contributed by atoms with Crippen LogP contribution in [-0.4, -0.2) is 8.07 Å². The summed E-state index contributed by atoms with van der Waals surface area (Å²) in [7, 11) is -1.20. The highest BCUT2D eigenvalue weighted by Gasteiger charge is 2.18. The lowest BCUT2D eigenvalue weighted by molar-refractivity contribution is 0.977. The maximum absolute atomic E-state index is 3.81. The van der Waals surface area contributed by atoms with Gasteiger partial charge in [-0.2, -0.15) is 0 Å². The standard InChI is InChI=1S/C14H20Si/c1-5-14(15(2,3)4)12-11-13-9-7-6-8-10-13/h6-10H,1,11-12H2,2-4H3. The quantitative estimate of drug-likeness (QED) is 0.522. The molecule has 0 atom stereocenters. The average Bonchev–Trinajstić information content (AvgIpc) is 2.18. The summed E-state index contributed by atoms with van der Waals surface area (Å²) < 4.78 is 0. The molecule has 0 aromatic heterocycles. The second-order valence-electron chi connectivity index (χ2n) is 4.89. The van der Waals surface area contributed by atoms with E-state index in [0.717, 1.165) is 12.8 Å². The topological polar surface area (TPSA) is 0 Å². The molecule has 0 radical (unpaired) electrons. The SMILES string of the molecule is C=C=C(CCc1ccccc1)[Si](C)(C)C. The summed E-state index contributed by atoms with van der Waals surface area (Å²) in [6, 6.07) is 10.6. The Balaban J connectivity index is 2.61. The Labute approximate surface area is 94.4 Å². The first-order chi connectivity index (χ1) is 7.04. The van der Waals surface area contributed by atoms with Crippen LogP contribution in [0.25, 0.3) is 0 Å². The third-order valence-electron chi connectivity index (χ3n) is 2.63. The minimum absolute atomic E-state index is 1.11. The van der Waals surface area contributed by atoms with Gasteiger partial charge < -0.3 is 0 Å². The molecule has 0 aliphatic heterocycles. The van der Waals surface area contributed by atoms with Gasteiger partial charge in [0.15, 0.2) is 0 Å². The molecule has 0 fully saturated rings. The van der Waals surface area contributed by atoms with Gasteiger partial charge in [0.05, 0.1) is 8.07 Å². The van der Waals surface area contributed by atoms with Crippen LogP contribution in [0, 0.1) is 0 Å². The van der Waals surface area contributed by atoms with Crippen molar-refractivity contribution < 1.29 is 0 Å². The van der Waals surface area contributed by atoms with Crippen LogP contribution in [0.2, 0.25) is 19.6 Å². The molecule has 1 rings (SSSR count). The van der Waals surface area contributed by atoms with Crippen LogP contribution in [0.3, 0.4) is 0 Å². The van der Waals surface area contributed by atoms with Gasteiger partial charge in [-0.3, -0.25) is 0 Å². The van der Waals surface area contributed by atoms with Gasteiger partial charge in [0, 0.05) is 0 Å². The predicted octanol–water partition coefficient (Wildman–Crippen LogP) is 4.21. The highest BCUT2D eigenvalue weighted by molar-refractivity contribution is 6.83. The zero-order valence-electron chi connectivity index (χ0n) is 10.0. The van der Waals surface area contributed by atoms with Gasteiger partial charge in [0.25, 0.3) is 0 Å². The number of aryl methyl sites for hydroxylation is 1. The lowest BCUT2D eigenvalue weighted by atomic mass is 10.1. The van der Waals surface area contributed by atoms with E-state index in [2.05, 4.69) is 62.3 Å². The Hall–Kier alpha value is -1.04. The average molecular weight is 216 g/mol. The third-order valence-corrected chi connectivity index (χ3v) is 4.86. The zero-order valence-corrected chi connectivity index (χ0v) is 11.0. The molecule has 0 spiro atoms. The van der Waals surface area contributed by atoms with Gasteiger partial charge in [0.1, 0.15) is 0 Å². The van der Waals surface area contributed by atoms with E-state index in [1.807, 2.05) is 0 Å². The molecule has 1 heteroatoms. The van der Waals surface area contributed by atoms with Crippen molar-refractivity contribution in [2.45, 2.75) is 32.5 Å². The minimum Gasteiger partial charge on any atom is -0.134 e. The van der Waals surface area contributed by atoms with E-state index in [1.54, 1.807) is 0 Å². The zero-order chi connectivity index (χ0) is 11.3. The van der Waals surface area contributed by atoms with Crippen molar-refractivity contribution >= 4 is 8.07 Å². The van der Waals surface area contributed by atoms with Gasteiger partial charge in [-0.1, -0.05) is 56.6 Å². The lowest BCUT2D eigenvalue weighted by Crippen LogP contribution is -2.23. The highest BCUT2D eigenvalue weighted by atomic mass is 28.3. The fourth-order valence-corrected chi connectivity index (χ4v) is 3.05. The van der Waals surface area contributed by atoms with E-state index in [0.29, 0.717) is 0 Å². The normalized spacial score (nSPS) is 10.9. The number of rotatable bonds is 4. The molecule has 80 valence electrons. The van der Waals surface area contributed by atoms with E-state index in [9.17, 15) is 0 Å². The first kappa shape index (κ1) is 12.0. The van der Waals surface area contributed by atoms with Crippen LogP contribution < -0.4 is 0 Å². The number of hydrogen-bond acceptors (Lipinski definition) is 0. The fourth-order valence-electron chi connectivity index (χ4n) is 1.64. The van der Waals surface area contributed by atoms with Gasteiger partial charge in [-0.15, -0.1) is 5.73 Å². The monoisotopic (exact) mass is 216 g/mol. The Morgan fingerprint density at radius 1 is 1.20 bits per heavy atom. The van der Waals surface area contributed by atoms with Gasteiger partial charge in [-0.25, -0.2) is 0 Å². The predicted molar refractivity (Wildman–Crippen MR) is 70.8 cm³/mol. The molecule has 1 aromatic carbocycles. The fraction of sp³-hybridized carbons (Fsp3) is 0.357. The molecule has 0 saturated heterocycles. The highest BCUT2D eigenvalue weighted by Crippen LogP contribution is 2.18.